The van der Waals surface area contributed by atoms with E-state index in [-0.39, 0.29) is 22.2 Å². The Labute approximate surface area is 126 Å². The number of benzene rings is 1. The number of furan rings is 1. The molecule has 5 nitrogen and oxygen atoms in total. The van der Waals surface area contributed by atoms with Gasteiger partial charge in [0, 0.05) is 6.54 Å². The predicted octanol–water partition coefficient (Wildman–Crippen LogP) is 2.26. The normalized spacial score (nSPS) is 14.9. The number of nitrogens with one attached hydrogen (secondary N) is 1. The Balaban J connectivity index is 2.16. The summed E-state index contributed by atoms with van der Waals surface area (Å²) in [5, 5.41) is 9.88. The quantitative estimate of drug-likeness (QED) is 0.879. The highest BCUT2D eigenvalue weighted by Crippen LogP contribution is 2.22. The van der Waals surface area contributed by atoms with E-state index in [9.17, 15) is 17.9 Å². The van der Waals surface area contributed by atoms with Crippen molar-refractivity contribution in [1.82, 2.24) is 4.72 Å². The molecule has 0 radical (unpaired) electrons. The first-order valence-corrected chi connectivity index (χ1v) is 7.79. The van der Waals surface area contributed by atoms with Crippen molar-refractivity contribution in [3.05, 3.63) is 53.2 Å². The van der Waals surface area contributed by atoms with Crippen molar-refractivity contribution in [2.45, 2.75) is 17.4 Å². The average molecular weight is 334 g/mol. The van der Waals surface area contributed by atoms with Gasteiger partial charge in [0.05, 0.1) is 16.2 Å². The summed E-state index contributed by atoms with van der Waals surface area (Å²) < 4.78 is 44.5. The molecule has 1 aromatic heterocycles. The van der Waals surface area contributed by atoms with Crippen LogP contribution in [0.15, 0.2) is 45.9 Å². The molecule has 0 saturated heterocycles. The fourth-order valence-electron chi connectivity index (χ4n) is 1.64. The molecule has 21 heavy (non-hydrogen) atoms. The first-order chi connectivity index (χ1) is 9.72. The van der Waals surface area contributed by atoms with E-state index < -0.39 is 21.4 Å². The maximum Gasteiger partial charge on any atom is 0.240 e. The van der Waals surface area contributed by atoms with Gasteiger partial charge in [-0.1, -0.05) is 11.6 Å². The molecule has 2 rings (SSSR count). The lowest BCUT2D eigenvalue weighted by Crippen LogP contribution is -2.38. The molecule has 0 spiro atoms. The molecule has 0 bridgehead atoms. The summed E-state index contributed by atoms with van der Waals surface area (Å²) >= 11 is 5.56. The van der Waals surface area contributed by atoms with Gasteiger partial charge >= 0.3 is 0 Å². The Hall–Kier alpha value is -1.41. The molecule has 1 unspecified atom stereocenters. The molecule has 2 N–H and O–H groups in total. The van der Waals surface area contributed by atoms with Crippen molar-refractivity contribution in [2.75, 3.05) is 6.54 Å². The van der Waals surface area contributed by atoms with E-state index in [4.69, 9.17) is 16.0 Å². The summed E-state index contributed by atoms with van der Waals surface area (Å²) in [4.78, 5) is -0.191. The molecule has 0 amide bonds. The lowest BCUT2D eigenvalue weighted by molar-refractivity contribution is 0.0395. The van der Waals surface area contributed by atoms with Crippen LogP contribution in [0.4, 0.5) is 4.39 Å². The first-order valence-electron chi connectivity index (χ1n) is 5.93. The molecule has 0 fully saturated rings. The van der Waals surface area contributed by atoms with E-state index in [2.05, 4.69) is 4.72 Å². The molecule has 1 aromatic carbocycles. The fourth-order valence-corrected chi connectivity index (χ4v) is 3.04. The Kier molecular flexibility index (Phi) is 4.38. The highest BCUT2D eigenvalue weighted by Gasteiger charge is 2.29. The van der Waals surface area contributed by atoms with Gasteiger partial charge in [-0.3, -0.25) is 0 Å². The summed E-state index contributed by atoms with van der Waals surface area (Å²) in [5.74, 6) is -0.486. The minimum Gasteiger partial charge on any atom is -0.466 e. The van der Waals surface area contributed by atoms with E-state index in [0.717, 1.165) is 18.2 Å². The van der Waals surface area contributed by atoms with Crippen molar-refractivity contribution < 1.29 is 22.3 Å². The third-order valence-electron chi connectivity index (χ3n) is 2.86. The zero-order chi connectivity index (χ0) is 15.7. The van der Waals surface area contributed by atoms with E-state index in [0.29, 0.717) is 0 Å². The van der Waals surface area contributed by atoms with Crippen LogP contribution in [0.25, 0.3) is 0 Å². The molecular weight excluding hydrogens is 321 g/mol. The van der Waals surface area contributed by atoms with Crippen molar-refractivity contribution in [2.24, 2.45) is 0 Å². The smallest absolute Gasteiger partial charge is 0.240 e. The second-order valence-corrected chi connectivity index (χ2v) is 6.83. The average Bonchev–Trinajstić information content (AvgIpc) is 2.94. The van der Waals surface area contributed by atoms with Crippen LogP contribution < -0.4 is 4.72 Å². The van der Waals surface area contributed by atoms with Gasteiger partial charge in [-0.25, -0.2) is 17.5 Å². The van der Waals surface area contributed by atoms with Crippen LogP contribution in [-0.2, 0) is 15.6 Å². The Morgan fingerprint density at radius 3 is 2.71 bits per heavy atom. The molecule has 1 atom stereocenters. The SMILES string of the molecule is CC(O)(CNS(=O)(=O)c1ccc(F)c(Cl)c1)c1ccco1. The van der Waals surface area contributed by atoms with Crippen molar-refractivity contribution >= 4 is 21.6 Å². The zero-order valence-electron chi connectivity index (χ0n) is 11.0. The van der Waals surface area contributed by atoms with Gasteiger partial charge in [-0.2, -0.15) is 0 Å². The molecule has 0 aliphatic carbocycles. The minimum absolute atomic E-state index is 0.191. The van der Waals surface area contributed by atoms with Crippen LogP contribution in [0.3, 0.4) is 0 Å². The fraction of sp³-hybridized carbons (Fsp3) is 0.231. The second kappa shape index (κ2) is 5.76. The monoisotopic (exact) mass is 333 g/mol. The van der Waals surface area contributed by atoms with Gasteiger partial charge in [-0.05, 0) is 37.3 Å². The summed E-state index contributed by atoms with van der Waals surface area (Å²) in [6.45, 7) is 1.10. The Morgan fingerprint density at radius 1 is 1.43 bits per heavy atom. The molecule has 114 valence electrons. The van der Waals surface area contributed by atoms with Crippen molar-refractivity contribution in [1.29, 1.82) is 0 Å². The third kappa shape index (κ3) is 3.62. The first kappa shape index (κ1) is 16.0. The highest BCUT2D eigenvalue weighted by atomic mass is 35.5. The number of sulfonamides is 1. The minimum atomic E-state index is -3.93. The maximum atomic E-state index is 13.0. The second-order valence-electron chi connectivity index (χ2n) is 4.65. The summed E-state index contributed by atoms with van der Waals surface area (Å²) in [6, 6.07) is 6.16. The van der Waals surface area contributed by atoms with E-state index in [1.54, 1.807) is 6.07 Å². The summed E-state index contributed by atoms with van der Waals surface area (Å²) in [6.07, 6.45) is 1.37. The Morgan fingerprint density at radius 2 is 2.14 bits per heavy atom. The molecule has 0 aliphatic heterocycles. The molecule has 2 aromatic rings. The largest absolute Gasteiger partial charge is 0.466 e. The number of aliphatic hydroxyl groups is 1. The van der Waals surface area contributed by atoms with Crippen LogP contribution in [0.2, 0.25) is 5.02 Å². The number of rotatable bonds is 5. The van der Waals surface area contributed by atoms with Crippen LogP contribution in [0.1, 0.15) is 12.7 Å². The van der Waals surface area contributed by atoms with E-state index >= 15 is 0 Å². The van der Waals surface area contributed by atoms with Crippen LogP contribution in [0, 0.1) is 5.82 Å². The van der Waals surface area contributed by atoms with Crippen molar-refractivity contribution in [3.63, 3.8) is 0 Å². The van der Waals surface area contributed by atoms with Gasteiger partial charge in [-0.15, -0.1) is 0 Å². The predicted molar refractivity (Wildman–Crippen MR) is 74.9 cm³/mol. The summed E-state index contributed by atoms with van der Waals surface area (Å²) in [5.41, 5.74) is -1.51. The molecule has 0 saturated carbocycles. The van der Waals surface area contributed by atoms with Gasteiger partial charge in [0.2, 0.25) is 10.0 Å². The van der Waals surface area contributed by atoms with Gasteiger partial charge in [0.25, 0.3) is 0 Å². The number of halogens is 2. The number of hydrogen-bond donors (Lipinski definition) is 2. The van der Waals surface area contributed by atoms with Crippen LogP contribution in [-0.4, -0.2) is 20.1 Å². The van der Waals surface area contributed by atoms with E-state index in [1.165, 1.54) is 19.3 Å². The number of hydrogen-bond acceptors (Lipinski definition) is 4. The highest BCUT2D eigenvalue weighted by molar-refractivity contribution is 7.89. The zero-order valence-corrected chi connectivity index (χ0v) is 12.6. The summed E-state index contributed by atoms with van der Waals surface area (Å²) in [7, 11) is -3.93. The molecular formula is C13H13ClFNO4S. The topological polar surface area (TPSA) is 79.5 Å². The molecule has 8 heteroatoms. The van der Waals surface area contributed by atoms with Crippen LogP contribution >= 0.6 is 11.6 Å². The van der Waals surface area contributed by atoms with Gasteiger partial charge in [0.1, 0.15) is 17.2 Å². The maximum absolute atomic E-state index is 13.0. The van der Waals surface area contributed by atoms with E-state index in [1.807, 2.05) is 0 Å². The Bertz CT molecular complexity index is 729. The van der Waals surface area contributed by atoms with Gasteiger partial charge < -0.3 is 9.52 Å². The lowest BCUT2D eigenvalue weighted by Gasteiger charge is -2.21. The lowest BCUT2D eigenvalue weighted by atomic mass is 10.1. The molecule has 1 heterocycles. The van der Waals surface area contributed by atoms with Crippen molar-refractivity contribution in [3.8, 4) is 0 Å². The van der Waals surface area contributed by atoms with Gasteiger partial charge in [0.15, 0.2) is 0 Å². The third-order valence-corrected chi connectivity index (χ3v) is 4.55. The standard InChI is InChI=1S/C13H13ClFNO4S/c1-13(17,12-3-2-6-20-12)8-16-21(18,19)9-4-5-11(15)10(14)7-9/h2-7,16-17H,8H2,1H3. The van der Waals surface area contributed by atoms with Crippen LogP contribution in [0.5, 0.6) is 0 Å². The molecule has 0 aliphatic rings.